The normalized spacial score (nSPS) is 15.1. The third-order valence-electron chi connectivity index (χ3n) is 7.27. The van der Waals surface area contributed by atoms with Crippen LogP contribution in [0.1, 0.15) is 47.0 Å². The molecular weight excluding hydrogens is 452 g/mol. The van der Waals surface area contributed by atoms with Crippen LogP contribution < -0.4 is 10.4 Å². The van der Waals surface area contributed by atoms with Gasteiger partial charge in [-0.2, -0.15) is 0 Å². The van der Waals surface area contributed by atoms with E-state index in [9.17, 15) is 5.11 Å². The van der Waals surface area contributed by atoms with Crippen LogP contribution in [0.15, 0.2) is 73.3 Å². The minimum atomic E-state index is -2.51. The van der Waals surface area contributed by atoms with Crippen molar-refractivity contribution in [1.29, 1.82) is 0 Å². The van der Waals surface area contributed by atoms with E-state index >= 15 is 0 Å². The third-order valence-corrected chi connectivity index (χ3v) is 12.3. The average molecular weight is 499 g/mol. The highest BCUT2D eigenvalue weighted by Crippen LogP contribution is 2.37. The van der Waals surface area contributed by atoms with Gasteiger partial charge in [-0.3, -0.25) is 0 Å². The smallest absolute Gasteiger partial charge is 0.261 e. The van der Waals surface area contributed by atoms with Crippen molar-refractivity contribution < 1.29 is 19.0 Å². The Balaban J connectivity index is 2.17. The van der Waals surface area contributed by atoms with Gasteiger partial charge in [-0.25, -0.2) is 0 Å². The van der Waals surface area contributed by atoms with Crippen molar-refractivity contribution in [3.8, 4) is 0 Å². The molecule has 0 aliphatic heterocycles. The van der Waals surface area contributed by atoms with E-state index in [0.717, 1.165) is 12.8 Å². The third kappa shape index (κ3) is 7.37. The highest BCUT2D eigenvalue weighted by Gasteiger charge is 2.50. The molecule has 1 N–H and O–H groups in total. The Bertz CT molecular complexity index is 806. The number of benzene rings is 2. The van der Waals surface area contributed by atoms with Crippen LogP contribution in [0.25, 0.3) is 0 Å². The van der Waals surface area contributed by atoms with Crippen LogP contribution in [0.2, 0.25) is 5.04 Å². The quantitative estimate of drug-likeness (QED) is 0.155. The zero-order valence-electron chi connectivity index (χ0n) is 22.6. The van der Waals surface area contributed by atoms with Crippen molar-refractivity contribution in [2.45, 2.75) is 58.3 Å². The van der Waals surface area contributed by atoms with Crippen molar-refractivity contribution >= 4 is 18.7 Å². The molecule has 35 heavy (non-hydrogen) atoms. The summed E-state index contributed by atoms with van der Waals surface area (Å²) in [5.41, 5.74) is 0. The molecule has 0 aliphatic rings. The molecule has 194 valence electrons. The zero-order chi connectivity index (χ0) is 25.9. The van der Waals surface area contributed by atoms with Gasteiger partial charge in [0.05, 0.1) is 0 Å². The summed E-state index contributed by atoms with van der Waals surface area (Å²) in [6.45, 7) is 14.0. The maximum Gasteiger partial charge on any atom is 0.261 e. The molecule has 0 amide bonds. The lowest BCUT2D eigenvalue weighted by molar-refractivity contribution is -0.120. The highest BCUT2D eigenvalue weighted by atomic mass is 28.4. The van der Waals surface area contributed by atoms with Crippen LogP contribution in [0, 0.1) is 17.8 Å². The van der Waals surface area contributed by atoms with Gasteiger partial charge in [-0.15, -0.1) is 6.58 Å². The van der Waals surface area contributed by atoms with E-state index in [1.807, 2.05) is 6.08 Å². The standard InChI is InChI=1S/C30H46O4Si/c1-8-28(25(23-31)22-29(32-6)33-7)24(2)16-15-21-34-35(30(3,4)5,26-17-11-9-12-18-26)27-19-13-10-14-20-27/h8-14,17-20,24-25,28-29,31H,1,15-16,21-23H2,2-7H3/t24-,25-,28+/m1/s1. The second kappa shape index (κ2) is 14.1. The van der Waals surface area contributed by atoms with Crippen LogP contribution in [0.3, 0.4) is 0 Å². The maximum atomic E-state index is 10.1. The lowest BCUT2D eigenvalue weighted by atomic mass is 9.79. The number of hydrogen-bond donors (Lipinski definition) is 1. The molecule has 2 aromatic rings. The Morgan fingerprint density at radius 3 is 1.86 bits per heavy atom. The summed E-state index contributed by atoms with van der Waals surface area (Å²) >= 11 is 0. The number of allylic oxidation sites excluding steroid dienone is 1. The van der Waals surface area contributed by atoms with Crippen LogP contribution in [-0.4, -0.2) is 47.1 Å². The monoisotopic (exact) mass is 498 g/mol. The number of hydrogen-bond acceptors (Lipinski definition) is 4. The van der Waals surface area contributed by atoms with Gasteiger partial charge in [0, 0.05) is 33.9 Å². The minimum Gasteiger partial charge on any atom is -0.407 e. The van der Waals surface area contributed by atoms with Crippen LogP contribution >= 0.6 is 0 Å². The fraction of sp³-hybridized carbons (Fsp3) is 0.533. The predicted molar refractivity (Wildman–Crippen MR) is 149 cm³/mol. The van der Waals surface area contributed by atoms with E-state index in [0.29, 0.717) is 18.9 Å². The summed E-state index contributed by atoms with van der Waals surface area (Å²) in [6, 6.07) is 21.5. The second-order valence-corrected chi connectivity index (χ2v) is 14.8. The second-order valence-electron chi connectivity index (χ2n) is 10.5. The molecule has 0 saturated heterocycles. The largest absolute Gasteiger partial charge is 0.407 e. The van der Waals surface area contributed by atoms with Gasteiger partial charge in [0.1, 0.15) is 0 Å². The molecule has 0 bridgehead atoms. The van der Waals surface area contributed by atoms with Crippen molar-refractivity contribution in [3.05, 3.63) is 73.3 Å². The summed E-state index contributed by atoms with van der Waals surface area (Å²) in [5.74, 6) is 0.590. The Hall–Kier alpha value is -1.76. The van der Waals surface area contributed by atoms with E-state index in [2.05, 4.69) is 94.9 Å². The first kappa shape index (κ1) is 29.5. The Labute approximate surface area is 214 Å². The van der Waals surface area contributed by atoms with E-state index in [-0.39, 0.29) is 29.8 Å². The van der Waals surface area contributed by atoms with Gasteiger partial charge >= 0.3 is 0 Å². The van der Waals surface area contributed by atoms with Gasteiger partial charge in [-0.05, 0) is 46.0 Å². The summed E-state index contributed by atoms with van der Waals surface area (Å²) in [6.07, 6.45) is 4.25. The number of ether oxygens (including phenoxy) is 2. The maximum absolute atomic E-state index is 10.1. The topological polar surface area (TPSA) is 47.9 Å². The molecule has 2 aromatic carbocycles. The Morgan fingerprint density at radius 1 is 0.943 bits per heavy atom. The van der Waals surface area contributed by atoms with Crippen molar-refractivity contribution in [2.24, 2.45) is 17.8 Å². The molecule has 0 saturated carbocycles. The van der Waals surface area contributed by atoms with Gasteiger partial charge < -0.3 is 19.0 Å². The predicted octanol–water partition coefficient (Wildman–Crippen LogP) is 5.40. The van der Waals surface area contributed by atoms with Gasteiger partial charge in [0.2, 0.25) is 0 Å². The van der Waals surface area contributed by atoms with Crippen molar-refractivity contribution in [2.75, 3.05) is 27.4 Å². The molecule has 4 nitrogen and oxygen atoms in total. The summed E-state index contributed by atoms with van der Waals surface area (Å²) in [7, 11) is 0.762. The summed E-state index contributed by atoms with van der Waals surface area (Å²) in [4.78, 5) is 0. The van der Waals surface area contributed by atoms with E-state index < -0.39 is 8.32 Å². The lowest BCUT2D eigenvalue weighted by Gasteiger charge is -2.43. The molecule has 0 radical (unpaired) electrons. The van der Waals surface area contributed by atoms with Crippen LogP contribution in [0.5, 0.6) is 0 Å². The van der Waals surface area contributed by atoms with Crippen LogP contribution in [-0.2, 0) is 13.9 Å². The molecule has 0 aromatic heterocycles. The summed E-state index contributed by atoms with van der Waals surface area (Å²) < 4.78 is 17.8. The molecule has 0 unspecified atom stereocenters. The lowest BCUT2D eigenvalue weighted by Crippen LogP contribution is -2.66. The molecule has 0 heterocycles. The fourth-order valence-corrected chi connectivity index (χ4v) is 9.97. The molecular formula is C30H46O4Si. The number of methoxy groups -OCH3 is 2. The van der Waals surface area contributed by atoms with E-state index in [1.165, 1.54) is 10.4 Å². The molecule has 0 fully saturated rings. The SMILES string of the molecule is C=C[C@H]([C@@H](CO)CC(OC)OC)[C@H](C)CCCO[Si](c1ccccc1)(c1ccccc1)C(C)(C)C. The fourth-order valence-electron chi connectivity index (χ4n) is 5.36. The molecule has 0 aliphatic carbocycles. The Morgan fingerprint density at radius 2 is 1.46 bits per heavy atom. The minimum absolute atomic E-state index is 0.0255. The molecule has 0 spiro atoms. The molecule has 3 atom stereocenters. The molecule has 5 heteroatoms. The van der Waals surface area contributed by atoms with Gasteiger partial charge in [0.25, 0.3) is 8.32 Å². The van der Waals surface area contributed by atoms with E-state index in [1.54, 1.807) is 14.2 Å². The zero-order valence-corrected chi connectivity index (χ0v) is 23.6. The van der Waals surface area contributed by atoms with Crippen molar-refractivity contribution in [1.82, 2.24) is 0 Å². The first-order valence-corrected chi connectivity index (χ1v) is 14.7. The van der Waals surface area contributed by atoms with E-state index in [4.69, 9.17) is 13.9 Å². The number of rotatable bonds is 15. The van der Waals surface area contributed by atoms with Gasteiger partial charge in [0.15, 0.2) is 6.29 Å². The number of aliphatic hydroxyl groups is 1. The molecule has 2 rings (SSSR count). The average Bonchev–Trinajstić information content (AvgIpc) is 2.87. The Kier molecular flexibility index (Phi) is 11.9. The first-order chi connectivity index (χ1) is 16.7. The first-order valence-electron chi connectivity index (χ1n) is 12.8. The van der Waals surface area contributed by atoms with Crippen LogP contribution in [0.4, 0.5) is 0 Å². The number of aliphatic hydroxyl groups excluding tert-OH is 1. The summed E-state index contributed by atoms with van der Waals surface area (Å²) in [5, 5.41) is 12.6. The highest BCUT2D eigenvalue weighted by molar-refractivity contribution is 6.99. The van der Waals surface area contributed by atoms with Gasteiger partial charge in [-0.1, -0.05) is 94.4 Å². The van der Waals surface area contributed by atoms with Crippen molar-refractivity contribution in [3.63, 3.8) is 0 Å².